The number of H-pyrrole nitrogens is 1. The molecular weight excluding hydrogens is 685 g/mol. The van der Waals surface area contributed by atoms with Crippen molar-refractivity contribution in [2.75, 3.05) is 33.1 Å². The van der Waals surface area contributed by atoms with Gasteiger partial charge in [-0.05, 0) is 53.8 Å². The van der Waals surface area contributed by atoms with Gasteiger partial charge in [0, 0.05) is 13.0 Å². The number of hydrogen-bond acceptors (Lipinski definition) is 10. The van der Waals surface area contributed by atoms with E-state index in [4.69, 9.17) is 24.7 Å². The lowest BCUT2D eigenvalue weighted by Gasteiger charge is -2.37. The van der Waals surface area contributed by atoms with Crippen LogP contribution >= 0.6 is 0 Å². The highest BCUT2D eigenvalue weighted by molar-refractivity contribution is 5.81. The van der Waals surface area contributed by atoms with E-state index in [1.165, 1.54) is 0 Å². The molecule has 5 aromatic rings. The SMILES string of the molecule is COc1ccc(C(OC[C@H]2O[C@@H](n3c(N)nc4n[nH]c(CCCNC(=O)C(F)(F)F)c4c3=O)CC2O)(c2ccccc2)c2ccc(OC)cc2)cc1. The number of fused-ring (bicyclic) bond motifs is 1. The standard InChI is InChI=1S/C36H37F3N6O7/c1-49-24-14-10-22(11-15-24)35(21-7-4-3-5-8-21,23-12-16-25(50-2)17-13-23)51-20-28-27(46)19-29(52-28)45-32(47)30-26(43-44-31(30)42-34(45)40)9-6-18-41-33(48)36(37,38)39/h3-5,7-8,10-17,27-29,46H,6,9,18-20H2,1-2H3,(H,41,48)(H3,40,42,43,44)/t27?,28-,29-/m1/s1. The first kappa shape index (κ1) is 36.3. The molecule has 274 valence electrons. The Kier molecular flexibility index (Phi) is 10.5. The van der Waals surface area contributed by atoms with Gasteiger partial charge in [0.1, 0.15) is 34.8 Å². The van der Waals surface area contributed by atoms with Gasteiger partial charge in [-0.15, -0.1) is 0 Å². The summed E-state index contributed by atoms with van der Waals surface area (Å²) in [5, 5.41) is 19.9. The number of aromatic nitrogens is 4. The molecule has 0 spiro atoms. The number of aryl methyl sites for hydroxylation is 1. The van der Waals surface area contributed by atoms with Gasteiger partial charge in [0.15, 0.2) is 5.65 Å². The lowest BCUT2D eigenvalue weighted by Crippen LogP contribution is -2.38. The van der Waals surface area contributed by atoms with Crippen molar-refractivity contribution in [2.45, 2.75) is 49.5 Å². The number of carbonyl (C=O) groups is 1. The number of rotatable bonds is 13. The summed E-state index contributed by atoms with van der Waals surface area (Å²) in [5.74, 6) is -0.953. The number of nitrogens with one attached hydrogen (secondary N) is 2. The number of benzene rings is 3. The summed E-state index contributed by atoms with van der Waals surface area (Å²) < 4.78 is 62.7. The summed E-state index contributed by atoms with van der Waals surface area (Å²) >= 11 is 0. The zero-order chi connectivity index (χ0) is 37.0. The van der Waals surface area contributed by atoms with Gasteiger partial charge >= 0.3 is 12.1 Å². The molecule has 1 fully saturated rings. The molecule has 52 heavy (non-hydrogen) atoms. The number of aliphatic hydroxyl groups excluding tert-OH is 1. The number of aromatic amines is 1. The molecule has 3 heterocycles. The van der Waals surface area contributed by atoms with E-state index in [1.807, 2.05) is 78.9 Å². The van der Waals surface area contributed by atoms with Crippen LogP contribution in [0.2, 0.25) is 0 Å². The fraction of sp³-hybridized carbons (Fsp3) is 0.333. The largest absolute Gasteiger partial charge is 0.497 e. The average molecular weight is 723 g/mol. The number of alkyl halides is 3. The number of amides is 1. The second kappa shape index (κ2) is 15.0. The molecule has 1 aliphatic rings. The molecule has 1 amide bonds. The van der Waals surface area contributed by atoms with Gasteiger partial charge in [-0.1, -0.05) is 54.6 Å². The summed E-state index contributed by atoms with van der Waals surface area (Å²) in [5.41, 5.74) is 7.07. The van der Waals surface area contributed by atoms with Crippen molar-refractivity contribution in [3.05, 3.63) is 112 Å². The normalized spacial score (nSPS) is 17.7. The molecule has 1 aliphatic heterocycles. The molecule has 16 heteroatoms. The van der Waals surface area contributed by atoms with Crippen LogP contribution in [0.15, 0.2) is 83.7 Å². The highest BCUT2D eigenvalue weighted by Crippen LogP contribution is 2.43. The number of nitrogens with two attached hydrogens (primary N) is 1. The topological polar surface area (TPSA) is 176 Å². The van der Waals surface area contributed by atoms with Gasteiger partial charge in [0.05, 0.1) is 32.6 Å². The van der Waals surface area contributed by atoms with Crippen LogP contribution in [0.4, 0.5) is 19.1 Å². The fourth-order valence-corrected chi connectivity index (χ4v) is 6.39. The lowest BCUT2D eigenvalue weighted by molar-refractivity contribution is -0.173. The average Bonchev–Trinajstić information content (AvgIpc) is 3.73. The predicted molar refractivity (Wildman–Crippen MR) is 183 cm³/mol. The van der Waals surface area contributed by atoms with Crippen LogP contribution in [-0.4, -0.2) is 76.5 Å². The molecule has 0 bridgehead atoms. The Hall–Kier alpha value is -5.45. The molecule has 0 aliphatic carbocycles. The molecule has 2 aromatic heterocycles. The minimum atomic E-state index is -5.00. The quantitative estimate of drug-likeness (QED) is 0.103. The number of hydrogen-bond donors (Lipinski definition) is 4. The molecule has 1 unspecified atom stereocenters. The summed E-state index contributed by atoms with van der Waals surface area (Å²) in [4.78, 5) is 29.2. The predicted octanol–water partition coefficient (Wildman–Crippen LogP) is 3.99. The van der Waals surface area contributed by atoms with Crippen LogP contribution < -0.4 is 26.1 Å². The first-order chi connectivity index (χ1) is 25.0. The lowest BCUT2D eigenvalue weighted by atomic mass is 9.80. The van der Waals surface area contributed by atoms with Gasteiger partial charge < -0.3 is 35.1 Å². The van der Waals surface area contributed by atoms with Crippen molar-refractivity contribution in [3.63, 3.8) is 0 Å². The zero-order valence-electron chi connectivity index (χ0n) is 28.2. The van der Waals surface area contributed by atoms with E-state index in [2.05, 4.69) is 15.2 Å². The third-order valence-electron chi connectivity index (χ3n) is 9.00. The third-order valence-corrected chi connectivity index (χ3v) is 9.00. The summed E-state index contributed by atoms with van der Waals surface area (Å²) in [6.07, 6.45) is -7.88. The Morgan fingerprint density at radius 1 is 1.00 bits per heavy atom. The maximum Gasteiger partial charge on any atom is 0.471 e. The molecule has 6 rings (SSSR count). The van der Waals surface area contributed by atoms with Crippen LogP contribution in [0.3, 0.4) is 0 Å². The summed E-state index contributed by atoms with van der Waals surface area (Å²) in [6.45, 7) is -0.401. The molecule has 3 aromatic carbocycles. The van der Waals surface area contributed by atoms with Crippen LogP contribution in [0.25, 0.3) is 11.0 Å². The molecule has 0 radical (unpaired) electrons. The van der Waals surface area contributed by atoms with Gasteiger partial charge in [-0.2, -0.15) is 23.3 Å². The smallest absolute Gasteiger partial charge is 0.471 e. The number of aliphatic hydroxyl groups is 1. The van der Waals surface area contributed by atoms with Gasteiger partial charge in [0.2, 0.25) is 5.95 Å². The van der Waals surface area contributed by atoms with Crippen molar-refractivity contribution in [3.8, 4) is 11.5 Å². The highest BCUT2D eigenvalue weighted by Gasteiger charge is 2.43. The number of ether oxygens (including phenoxy) is 4. The van der Waals surface area contributed by atoms with Crippen LogP contribution in [0.1, 0.15) is 41.5 Å². The maximum atomic E-state index is 13.8. The second-order valence-corrected chi connectivity index (χ2v) is 12.2. The molecule has 5 N–H and O–H groups in total. The molecule has 13 nitrogen and oxygen atoms in total. The van der Waals surface area contributed by atoms with Crippen LogP contribution in [0, 0.1) is 0 Å². The van der Waals surface area contributed by atoms with Crippen molar-refractivity contribution in [1.82, 2.24) is 25.1 Å². The van der Waals surface area contributed by atoms with Crippen molar-refractivity contribution < 1.29 is 42.0 Å². The monoisotopic (exact) mass is 722 g/mol. The Balaban J connectivity index is 1.28. The van der Waals surface area contributed by atoms with Crippen molar-refractivity contribution in [1.29, 1.82) is 0 Å². The van der Waals surface area contributed by atoms with E-state index < -0.39 is 41.7 Å². The highest BCUT2D eigenvalue weighted by atomic mass is 19.4. The van der Waals surface area contributed by atoms with Crippen LogP contribution in [0.5, 0.6) is 11.5 Å². The van der Waals surface area contributed by atoms with E-state index >= 15 is 0 Å². The Morgan fingerprint density at radius 3 is 2.17 bits per heavy atom. The van der Waals surface area contributed by atoms with E-state index in [1.54, 1.807) is 19.5 Å². The molecule has 3 atom stereocenters. The number of anilines is 1. The number of carbonyl (C=O) groups excluding carboxylic acids is 1. The van der Waals surface area contributed by atoms with E-state index in [0.29, 0.717) is 17.2 Å². The van der Waals surface area contributed by atoms with Crippen LogP contribution in [-0.2, 0) is 26.3 Å². The molecule has 1 saturated heterocycles. The minimum Gasteiger partial charge on any atom is -0.497 e. The molecule has 0 saturated carbocycles. The Labute approximate surface area is 295 Å². The first-order valence-corrected chi connectivity index (χ1v) is 16.4. The van der Waals surface area contributed by atoms with E-state index in [-0.39, 0.29) is 49.4 Å². The molecular formula is C36H37F3N6O7. The van der Waals surface area contributed by atoms with E-state index in [0.717, 1.165) is 21.3 Å². The minimum absolute atomic E-state index is 0.0122. The maximum absolute atomic E-state index is 13.8. The Morgan fingerprint density at radius 2 is 1.60 bits per heavy atom. The summed E-state index contributed by atoms with van der Waals surface area (Å²) in [7, 11) is 3.16. The number of methoxy groups -OCH3 is 2. The van der Waals surface area contributed by atoms with Gasteiger partial charge in [0.25, 0.3) is 5.56 Å². The van der Waals surface area contributed by atoms with Crippen molar-refractivity contribution in [2.24, 2.45) is 0 Å². The Bertz CT molecular complexity index is 2010. The van der Waals surface area contributed by atoms with Gasteiger partial charge in [-0.25, -0.2) is 0 Å². The van der Waals surface area contributed by atoms with Gasteiger partial charge in [-0.3, -0.25) is 19.3 Å². The fourth-order valence-electron chi connectivity index (χ4n) is 6.39. The first-order valence-electron chi connectivity index (χ1n) is 16.4. The number of nitrogens with zero attached hydrogens (tertiary/aromatic N) is 3. The van der Waals surface area contributed by atoms with Crippen molar-refractivity contribution >= 4 is 22.9 Å². The van der Waals surface area contributed by atoms with E-state index in [9.17, 15) is 27.9 Å². The number of halogens is 3. The zero-order valence-corrected chi connectivity index (χ0v) is 28.2. The summed E-state index contributed by atoms with van der Waals surface area (Å²) in [6, 6.07) is 24.5. The third kappa shape index (κ3) is 7.17. The second-order valence-electron chi connectivity index (χ2n) is 12.2. The number of nitrogen functional groups attached to an aromatic ring is 1.